The van der Waals surface area contributed by atoms with E-state index in [1.807, 2.05) is 6.92 Å². The van der Waals surface area contributed by atoms with Crippen molar-refractivity contribution in [3.05, 3.63) is 34.4 Å². The minimum atomic E-state index is -3.88. The number of hydrogen-bond donors (Lipinski definition) is 2. The number of nitro benzene ring substituents is 1. The van der Waals surface area contributed by atoms with Crippen LogP contribution in [0.4, 0.5) is 5.69 Å². The third kappa shape index (κ3) is 4.37. The van der Waals surface area contributed by atoms with Gasteiger partial charge in [-0.05, 0) is 32.4 Å². The van der Waals surface area contributed by atoms with E-state index in [-0.39, 0.29) is 29.4 Å². The molecule has 1 fully saturated rings. The highest BCUT2D eigenvalue weighted by atomic mass is 35.5. The molecule has 2 N–H and O–H groups in total. The molecule has 0 aromatic heterocycles. The van der Waals surface area contributed by atoms with Crippen LogP contribution in [0.15, 0.2) is 29.2 Å². The first-order valence-electron chi connectivity index (χ1n) is 6.39. The molecular weight excluding hydrogens is 318 g/mol. The molecule has 21 heavy (non-hydrogen) atoms. The van der Waals surface area contributed by atoms with Crippen molar-refractivity contribution < 1.29 is 13.3 Å². The summed E-state index contributed by atoms with van der Waals surface area (Å²) in [7, 11) is -3.88. The Bertz CT molecular complexity index is 608. The Morgan fingerprint density at radius 3 is 2.67 bits per heavy atom. The van der Waals surface area contributed by atoms with Gasteiger partial charge in [0.1, 0.15) is 0 Å². The molecule has 1 saturated heterocycles. The van der Waals surface area contributed by atoms with Gasteiger partial charge in [0.05, 0.1) is 4.92 Å². The van der Waals surface area contributed by atoms with Gasteiger partial charge in [0.25, 0.3) is 5.69 Å². The number of sulfonamides is 1. The average molecular weight is 336 g/mol. The first kappa shape index (κ1) is 17.8. The zero-order valence-electron chi connectivity index (χ0n) is 11.5. The smallest absolute Gasteiger partial charge is 0.289 e. The third-order valence-electron chi connectivity index (χ3n) is 3.30. The van der Waals surface area contributed by atoms with Crippen molar-refractivity contribution in [2.75, 3.05) is 6.54 Å². The monoisotopic (exact) mass is 335 g/mol. The van der Waals surface area contributed by atoms with Crippen LogP contribution in [0.1, 0.15) is 19.8 Å². The van der Waals surface area contributed by atoms with Crippen LogP contribution in [0, 0.1) is 10.1 Å². The van der Waals surface area contributed by atoms with Crippen molar-refractivity contribution in [3.63, 3.8) is 0 Å². The summed E-state index contributed by atoms with van der Waals surface area (Å²) >= 11 is 0. The average Bonchev–Trinajstić information content (AvgIpc) is 2.38. The van der Waals surface area contributed by atoms with Crippen molar-refractivity contribution in [2.45, 2.75) is 36.7 Å². The highest BCUT2D eigenvalue weighted by molar-refractivity contribution is 7.89. The topological polar surface area (TPSA) is 101 Å². The van der Waals surface area contributed by atoms with Crippen LogP contribution >= 0.6 is 12.4 Å². The Balaban J connectivity index is 0.00000220. The molecule has 7 nitrogen and oxygen atoms in total. The number of halogens is 1. The lowest BCUT2D eigenvalue weighted by atomic mass is 10.0. The predicted molar refractivity (Wildman–Crippen MR) is 81.2 cm³/mol. The number of nitrogens with zero attached hydrogens (tertiary/aromatic N) is 1. The first-order chi connectivity index (χ1) is 9.40. The maximum absolute atomic E-state index is 12.3. The highest BCUT2D eigenvalue weighted by Crippen LogP contribution is 2.23. The van der Waals surface area contributed by atoms with Crippen molar-refractivity contribution in [1.29, 1.82) is 0 Å². The summed E-state index contributed by atoms with van der Waals surface area (Å²) in [6, 6.07) is 5.40. The summed E-state index contributed by atoms with van der Waals surface area (Å²) in [5.74, 6) is 0. The number of nitro groups is 1. The van der Waals surface area contributed by atoms with Gasteiger partial charge >= 0.3 is 0 Å². The summed E-state index contributed by atoms with van der Waals surface area (Å²) < 4.78 is 27.2. The van der Waals surface area contributed by atoms with Crippen molar-refractivity contribution in [2.24, 2.45) is 0 Å². The van der Waals surface area contributed by atoms with E-state index in [1.54, 1.807) is 0 Å². The summed E-state index contributed by atoms with van der Waals surface area (Å²) in [6.45, 7) is 2.71. The van der Waals surface area contributed by atoms with Crippen LogP contribution in [0.2, 0.25) is 0 Å². The Labute approximate surface area is 129 Å². The van der Waals surface area contributed by atoms with Gasteiger partial charge < -0.3 is 5.32 Å². The lowest BCUT2D eigenvalue weighted by molar-refractivity contribution is -0.387. The summed E-state index contributed by atoms with van der Waals surface area (Å²) in [5.41, 5.74) is -0.401. The number of rotatable bonds is 4. The van der Waals surface area contributed by atoms with E-state index in [0.29, 0.717) is 12.8 Å². The molecule has 1 aliphatic rings. The molecule has 0 aliphatic carbocycles. The fraction of sp³-hybridized carbons (Fsp3) is 0.500. The molecule has 2 rings (SSSR count). The lowest BCUT2D eigenvalue weighted by Crippen LogP contribution is -2.46. The van der Waals surface area contributed by atoms with Gasteiger partial charge in [-0.25, -0.2) is 13.1 Å². The Morgan fingerprint density at radius 2 is 2.05 bits per heavy atom. The van der Waals surface area contributed by atoms with Gasteiger partial charge in [-0.3, -0.25) is 10.1 Å². The number of piperidine rings is 1. The molecule has 118 valence electrons. The Morgan fingerprint density at radius 1 is 1.38 bits per heavy atom. The minimum absolute atomic E-state index is 0. The number of hydrogen-bond acceptors (Lipinski definition) is 5. The fourth-order valence-electron chi connectivity index (χ4n) is 2.36. The highest BCUT2D eigenvalue weighted by Gasteiger charge is 2.29. The molecular formula is C12H18ClN3O4S. The van der Waals surface area contributed by atoms with Crippen molar-refractivity contribution in [3.8, 4) is 0 Å². The second kappa shape index (κ2) is 7.17. The van der Waals surface area contributed by atoms with E-state index in [2.05, 4.69) is 10.0 Å². The largest absolute Gasteiger partial charge is 0.314 e. The van der Waals surface area contributed by atoms with Crippen LogP contribution in [-0.4, -0.2) is 32.0 Å². The van der Waals surface area contributed by atoms with E-state index < -0.39 is 20.6 Å². The molecule has 2 atom stereocenters. The van der Waals surface area contributed by atoms with E-state index >= 15 is 0 Å². The molecule has 0 amide bonds. The van der Waals surface area contributed by atoms with Crippen LogP contribution < -0.4 is 10.0 Å². The zero-order valence-corrected chi connectivity index (χ0v) is 13.1. The molecule has 0 spiro atoms. The molecule has 1 aliphatic heterocycles. The molecule has 0 radical (unpaired) electrons. The Kier molecular flexibility index (Phi) is 6.09. The number of benzene rings is 1. The molecule has 0 bridgehead atoms. The standard InChI is InChI=1S/C12H17N3O4S.ClH/c1-9-8-10(6-7-13-9)14-20(18,19)12-5-3-2-4-11(12)15(16)17;/h2-5,9-10,13-14H,6-8H2,1H3;1H. The van der Waals surface area contributed by atoms with Crippen molar-refractivity contribution >= 4 is 28.1 Å². The Hall–Kier alpha value is -1.22. The maximum atomic E-state index is 12.3. The fourth-order valence-corrected chi connectivity index (χ4v) is 3.81. The lowest BCUT2D eigenvalue weighted by Gasteiger charge is -2.28. The normalized spacial score (nSPS) is 22.3. The van der Waals surface area contributed by atoms with E-state index in [4.69, 9.17) is 0 Å². The van der Waals surface area contributed by atoms with Crippen molar-refractivity contribution in [1.82, 2.24) is 10.0 Å². The van der Waals surface area contributed by atoms with Gasteiger partial charge in [0.2, 0.25) is 10.0 Å². The predicted octanol–water partition coefficient (Wildman–Crippen LogP) is 1.44. The van der Waals surface area contributed by atoms with Gasteiger partial charge in [0, 0.05) is 18.2 Å². The molecule has 9 heteroatoms. The SMILES string of the molecule is CC1CC(NS(=O)(=O)c2ccccc2[N+](=O)[O-])CCN1.Cl. The second-order valence-electron chi connectivity index (χ2n) is 4.92. The molecule has 2 unspecified atom stereocenters. The summed E-state index contributed by atoms with van der Waals surface area (Å²) in [4.78, 5) is 9.95. The number of para-hydroxylation sites is 1. The first-order valence-corrected chi connectivity index (χ1v) is 7.87. The molecule has 1 aromatic rings. The van der Waals surface area contributed by atoms with E-state index in [0.717, 1.165) is 6.54 Å². The van der Waals surface area contributed by atoms with E-state index in [9.17, 15) is 18.5 Å². The van der Waals surface area contributed by atoms with Gasteiger partial charge in [-0.15, -0.1) is 12.4 Å². The zero-order chi connectivity index (χ0) is 14.8. The summed E-state index contributed by atoms with van der Waals surface area (Å²) in [6.07, 6.45) is 1.34. The molecule has 0 saturated carbocycles. The van der Waals surface area contributed by atoms with Crippen LogP contribution in [0.5, 0.6) is 0 Å². The number of nitrogens with one attached hydrogen (secondary N) is 2. The summed E-state index contributed by atoms with van der Waals surface area (Å²) in [5, 5.41) is 14.1. The van der Waals surface area contributed by atoms with Gasteiger partial charge in [0.15, 0.2) is 4.90 Å². The second-order valence-corrected chi connectivity index (χ2v) is 6.60. The molecule has 1 aromatic carbocycles. The van der Waals surface area contributed by atoms with Crippen LogP contribution in [0.25, 0.3) is 0 Å². The third-order valence-corrected chi connectivity index (χ3v) is 4.86. The van der Waals surface area contributed by atoms with E-state index in [1.165, 1.54) is 24.3 Å². The van der Waals surface area contributed by atoms with Gasteiger partial charge in [-0.1, -0.05) is 12.1 Å². The molecule has 1 heterocycles. The maximum Gasteiger partial charge on any atom is 0.289 e. The van der Waals surface area contributed by atoms with Gasteiger partial charge in [-0.2, -0.15) is 0 Å². The van der Waals surface area contributed by atoms with Crippen LogP contribution in [0.3, 0.4) is 0 Å². The minimum Gasteiger partial charge on any atom is -0.314 e. The van der Waals surface area contributed by atoms with Crippen LogP contribution in [-0.2, 0) is 10.0 Å². The quantitative estimate of drug-likeness (QED) is 0.640.